The van der Waals surface area contributed by atoms with Gasteiger partial charge in [-0.1, -0.05) is 30.3 Å². The van der Waals surface area contributed by atoms with Gasteiger partial charge in [0.15, 0.2) is 0 Å². The van der Waals surface area contributed by atoms with Crippen LogP contribution >= 0.6 is 0 Å². The maximum Gasteiger partial charge on any atom is 0.295 e. The van der Waals surface area contributed by atoms with Gasteiger partial charge in [0, 0.05) is 18.5 Å². The molecule has 0 radical (unpaired) electrons. The van der Waals surface area contributed by atoms with E-state index in [4.69, 9.17) is 9.15 Å². The summed E-state index contributed by atoms with van der Waals surface area (Å²) >= 11 is 0. The topological polar surface area (TPSA) is 80.0 Å². The van der Waals surface area contributed by atoms with Crippen LogP contribution in [0.1, 0.15) is 41.2 Å². The third kappa shape index (κ3) is 3.82. The Balaban J connectivity index is 1.55. The van der Waals surface area contributed by atoms with Gasteiger partial charge in [0.1, 0.15) is 35.2 Å². The first-order chi connectivity index (χ1) is 15.9. The SMILES string of the molecule is Cc1ccc(C2/C(=C(/O)c3ccc4c(c3)CC(C)O4)C(=O)C(=O)N2CCc2ccccc2)o1. The molecule has 6 heteroatoms. The first-order valence-electron chi connectivity index (χ1n) is 11.1. The van der Waals surface area contributed by atoms with E-state index in [1.54, 1.807) is 31.2 Å². The third-order valence-corrected chi connectivity index (χ3v) is 6.22. The van der Waals surface area contributed by atoms with Crippen LogP contribution in [0.25, 0.3) is 5.76 Å². The quantitative estimate of drug-likeness (QED) is 0.355. The smallest absolute Gasteiger partial charge is 0.295 e. The number of benzene rings is 2. The Labute approximate surface area is 192 Å². The minimum Gasteiger partial charge on any atom is -0.507 e. The highest BCUT2D eigenvalue weighted by atomic mass is 16.5. The van der Waals surface area contributed by atoms with Crippen molar-refractivity contribution in [3.8, 4) is 5.75 Å². The number of carbonyl (C=O) groups is 2. The normalized spacial score (nSPS) is 21.3. The number of nitrogens with zero attached hydrogens (tertiary/aromatic N) is 1. The number of hydrogen-bond acceptors (Lipinski definition) is 5. The van der Waals surface area contributed by atoms with Gasteiger partial charge in [-0.25, -0.2) is 0 Å². The molecule has 2 atom stereocenters. The second kappa shape index (κ2) is 8.28. The maximum absolute atomic E-state index is 13.1. The number of aryl methyl sites for hydroxylation is 1. The fourth-order valence-electron chi connectivity index (χ4n) is 4.63. The number of fused-ring (bicyclic) bond motifs is 1. The summed E-state index contributed by atoms with van der Waals surface area (Å²) in [5.41, 5.74) is 2.56. The van der Waals surface area contributed by atoms with Crippen LogP contribution < -0.4 is 4.74 Å². The Kier molecular flexibility index (Phi) is 5.29. The lowest BCUT2D eigenvalue weighted by Gasteiger charge is -2.23. The van der Waals surface area contributed by atoms with Crippen molar-refractivity contribution in [2.75, 3.05) is 6.54 Å². The van der Waals surface area contributed by atoms with Gasteiger partial charge in [0.2, 0.25) is 0 Å². The van der Waals surface area contributed by atoms with Crippen LogP contribution in [0.4, 0.5) is 0 Å². The molecule has 6 nitrogen and oxygen atoms in total. The number of amides is 1. The van der Waals surface area contributed by atoms with Gasteiger partial charge in [-0.2, -0.15) is 0 Å². The van der Waals surface area contributed by atoms with E-state index in [1.807, 2.05) is 43.3 Å². The largest absolute Gasteiger partial charge is 0.507 e. The standard InChI is InChI=1S/C27H25NO5/c1-16-8-10-22(32-16)24-23(25(29)19-9-11-21-20(15-19)14-17(2)33-21)26(30)27(31)28(24)13-12-18-6-4-3-5-7-18/h3-11,15,17,24,29H,12-14H2,1-2H3/b25-23-. The number of ether oxygens (including phenoxy) is 1. The van der Waals surface area contributed by atoms with E-state index in [2.05, 4.69) is 0 Å². The van der Waals surface area contributed by atoms with Crippen molar-refractivity contribution in [3.05, 3.63) is 94.4 Å². The van der Waals surface area contributed by atoms with E-state index in [1.165, 1.54) is 4.90 Å². The second-order valence-corrected chi connectivity index (χ2v) is 8.63. The van der Waals surface area contributed by atoms with Crippen LogP contribution in [0, 0.1) is 6.92 Å². The molecular weight excluding hydrogens is 418 g/mol. The molecular formula is C27H25NO5. The Hall–Kier alpha value is -3.80. The number of carbonyl (C=O) groups excluding carboxylic acids is 2. The Morgan fingerprint density at radius 2 is 1.88 bits per heavy atom. The Morgan fingerprint density at radius 1 is 1.09 bits per heavy atom. The van der Waals surface area contributed by atoms with Gasteiger partial charge < -0.3 is 19.2 Å². The number of likely N-dealkylation sites (tertiary alicyclic amines) is 1. The molecule has 1 saturated heterocycles. The number of aliphatic hydroxyl groups excluding tert-OH is 1. The van der Waals surface area contributed by atoms with Gasteiger partial charge in [-0.3, -0.25) is 9.59 Å². The summed E-state index contributed by atoms with van der Waals surface area (Å²) in [6.45, 7) is 4.11. The molecule has 0 spiro atoms. The van der Waals surface area contributed by atoms with Crippen molar-refractivity contribution in [2.45, 2.75) is 38.8 Å². The van der Waals surface area contributed by atoms with E-state index in [0.29, 0.717) is 30.0 Å². The summed E-state index contributed by atoms with van der Waals surface area (Å²) in [5.74, 6) is 0.369. The Bertz CT molecular complexity index is 1260. The predicted molar refractivity (Wildman–Crippen MR) is 123 cm³/mol. The zero-order valence-electron chi connectivity index (χ0n) is 18.6. The Morgan fingerprint density at radius 3 is 2.61 bits per heavy atom. The van der Waals surface area contributed by atoms with Crippen LogP contribution in [0.3, 0.4) is 0 Å². The summed E-state index contributed by atoms with van der Waals surface area (Å²) < 4.78 is 11.6. The molecule has 1 aromatic heterocycles. The molecule has 1 N–H and O–H groups in total. The molecule has 2 aliphatic heterocycles. The van der Waals surface area contributed by atoms with Crippen molar-refractivity contribution in [1.82, 2.24) is 4.90 Å². The van der Waals surface area contributed by atoms with Crippen molar-refractivity contribution >= 4 is 17.4 Å². The summed E-state index contributed by atoms with van der Waals surface area (Å²) in [5, 5.41) is 11.2. The molecule has 2 aromatic carbocycles. The van der Waals surface area contributed by atoms with Crippen LogP contribution in [-0.4, -0.2) is 34.3 Å². The number of rotatable bonds is 5. The highest BCUT2D eigenvalue weighted by Gasteiger charge is 2.47. The molecule has 1 amide bonds. The lowest BCUT2D eigenvalue weighted by atomic mass is 9.97. The number of hydrogen-bond donors (Lipinski definition) is 1. The zero-order valence-corrected chi connectivity index (χ0v) is 18.6. The minimum atomic E-state index is -0.786. The van der Waals surface area contributed by atoms with E-state index < -0.39 is 17.7 Å². The van der Waals surface area contributed by atoms with E-state index in [9.17, 15) is 14.7 Å². The van der Waals surface area contributed by atoms with Crippen molar-refractivity contribution in [2.24, 2.45) is 0 Å². The summed E-state index contributed by atoms with van der Waals surface area (Å²) in [6.07, 6.45) is 1.37. The average molecular weight is 443 g/mol. The molecule has 3 heterocycles. The molecule has 33 heavy (non-hydrogen) atoms. The minimum absolute atomic E-state index is 0.0503. The zero-order chi connectivity index (χ0) is 23.1. The van der Waals surface area contributed by atoms with E-state index in [-0.39, 0.29) is 17.4 Å². The predicted octanol–water partition coefficient (Wildman–Crippen LogP) is 4.58. The van der Waals surface area contributed by atoms with Gasteiger partial charge in [-0.05, 0) is 61.7 Å². The molecule has 3 aromatic rings. The van der Waals surface area contributed by atoms with Gasteiger partial charge in [0.05, 0.1) is 5.57 Å². The van der Waals surface area contributed by atoms with Gasteiger partial charge in [-0.15, -0.1) is 0 Å². The number of Topliss-reactive ketones (excluding diaryl/α,β-unsaturated/α-hetero) is 1. The fourth-order valence-corrected chi connectivity index (χ4v) is 4.63. The first kappa shape index (κ1) is 21.1. The molecule has 0 saturated carbocycles. The lowest BCUT2D eigenvalue weighted by molar-refractivity contribution is -0.140. The van der Waals surface area contributed by atoms with Crippen molar-refractivity contribution in [3.63, 3.8) is 0 Å². The van der Waals surface area contributed by atoms with Crippen LogP contribution in [0.2, 0.25) is 0 Å². The van der Waals surface area contributed by atoms with E-state index in [0.717, 1.165) is 23.3 Å². The van der Waals surface area contributed by atoms with Gasteiger partial charge in [0.25, 0.3) is 11.7 Å². The molecule has 0 aliphatic carbocycles. The van der Waals surface area contributed by atoms with Crippen LogP contribution in [0.15, 0.2) is 70.7 Å². The van der Waals surface area contributed by atoms with Crippen molar-refractivity contribution in [1.29, 1.82) is 0 Å². The maximum atomic E-state index is 13.1. The molecule has 2 unspecified atom stereocenters. The molecule has 168 valence electrons. The summed E-state index contributed by atoms with van der Waals surface area (Å²) in [7, 11) is 0. The molecule has 2 aliphatic rings. The monoisotopic (exact) mass is 443 g/mol. The highest BCUT2D eigenvalue weighted by Crippen LogP contribution is 2.41. The number of aliphatic hydroxyl groups is 1. The van der Waals surface area contributed by atoms with E-state index >= 15 is 0 Å². The first-order valence-corrected chi connectivity index (χ1v) is 11.1. The number of ketones is 1. The van der Waals surface area contributed by atoms with Gasteiger partial charge >= 0.3 is 0 Å². The third-order valence-electron chi connectivity index (χ3n) is 6.22. The lowest BCUT2D eigenvalue weighted by Crippen LogP contribution is -2.31. The highest BCUT2D eigenvalue weighted by molar-refractivity contribution is 6.46. The molecule has 1 fully saturated rings. The van der Waals surface area contributed by atoms with Crippen molar-refractivity contribution < 1.29 is 23.8 Å². The fraction of sp³-hybridized carbons (Fsp3) is 0.259. The summed E-state index contributed by atoms with van der Waals surface area (Å²) in [6, 6.07) is 17.9. The van der Waals surface area contributed by atoms with Crippen LogP contribution in [0.5, 0.6) is 5.75 Å². The van der Waals surface area contributed by atoms with Crippen LogP contribution in [-0.2, 0) is 22.4 Å². The summed E-state index contributed by atoms with van der Waals surface area (Å²) in [4.78, 5) is 27.7. The molecule has 5 rings (SSSR count). The number of furan rings is 1. The second-order valence-electron chi connectivity index (χ2n) is 8.63. The molecule has 0 bridgehead atoms. The average Bonchev–Trinajstić information content (AvgIpc) is 3.47.